The Morgan fingerprint density at radius 3 is 2.43 bits per heavy atom. The van der Waals surface area contributed by atoms with Gasteiger partial charge in [0.1, 0.15) is 5.60 Å². The summed E-state index contributed by atoms with van der Waals surface area (Å²) in [5, 5.41) is 3.66. The van der Waals surface area contributed by atoms with Gasteiger partial charge in [-0.1, -0.05) is 0 Å². The van der Waals surface area contributed by atoms with E-state index in [9.17, 15) is 9.59 Å². The molecule has 0 spiro atoms. The number of ether oxygens (including phenoxy) is 2. The Kier molecular flexibility index (Phi) is 5.38. The van der Waals surface area contributed by atoms with Gasteiger partial charge >= 0.3 is 11.9 Å². The Hall–Kier alpha value is -1.92. The van der Waals surface area contributed by atoms with Crippen LogP contribution in [0.2, 0.25) is 0 Å². The third-order valence-corrected chi connectivity index (χ3v) is 3.72. The van der Waals surface area contributed by atoms with Crippen molar-refractivity contribution in [1.82, 2.24) is 10.1 Å². The minimum absolute atomic E-state index is 0.0453. The van der Waals surface area contributed by atoms with E-state index in [1.165, 1.54) is 0 Å². The zero-order valence-corrected chi connectivity index (χ0v) is 14.1. The molecule has 23 heavy (non-hydrogen) atoms. The number of esters is 2. The predicted molar refractivity (Wildman–Crippen MR) is 80.8 cm³/mol. The maximum absolute atomic E-state index is 12.1. The molecule has 1 fully saturated rings. The van der Waals surface area contributed by atoms with Gasteiger partial charge in [0.2, 0.25) is 5.89 Å². The highest BCUT2D eigenvalue weighted by atomic mass is 16.6. The number of hydrogen-bond acceptors (Lipinski definition) is 7. The van der Waals surface area contributed by atoms with Crippen LogP contribution in [-0.2, 0) is 14.3 Å². The van der Waals surface area contributed by atoms with E-state index >= 15 is 0 Å². The highest BCUT2D eigenvalue weighted by molar-refractivity contribution is 5.84. The van der Waals surface area contributed by atoms with Crippen LogP contribution < -0.4 is 0 Å². The Balaban J connectivity index is 1.89. The van der Waals surface area contributed by atoms with Gasteiger partial charge in [-0.05, 0) is 58.5 Å². The van der Waals surface area contributed by atoms with Crippen molar-refractivity contribution in [2.45, 2.75) is 64.9 Å². The molecule has 0 unspecified atom stereocenters. The van der Waals surface area contributed by atoms with Gasteiger partial charge in [0.15, 0.2) is 0 Å². The van der Waals surface area contributed by atoms with Crippen molar-refractivity contribution in [3.8, 4) is 0 Å². The van der Waals surface area contributed by atoms with E-state index in [1.54, 1.807) is 6.92 Å². The Bertz CT molecular complexity index is 553. The van der Waals surface area contributed by atoms with Gasteiger partial charge in [0, 0.05) is 5.92 Å². The van der Waals surface area contributed by atoms with Crippen molar-refractivity contribution in [3.05, 3.63) is 11.7 Å². The summed E-state index contributed by atoms with van der Waals surface area (Å²) in [5.41, 5.74) is -0.463. The number of carbonyl (C=O) groups excluding carboxylic acids is 2. The average molecular weight is 324 g/mol. The van der Waals surface area contributed by atoms with E-state index in [2.05, 4.69) is 10.1 Å². The van der Waals surface area contributed by atoms with Crippen LogP contribution in [0.3, 0.4) is 0 Å². The standard InChI is InChI=1S/C16H24N2O5/c1-5-21-15(20)12-17-13(23-18-12)10-6-8-11(9-7-10)14(19)22-16(2,3)4/h10-11H,5-9H2,1-4H3. The minimum Gasteiger partial charge on any atom is -0.460 e. The molecule has 2 rings (SSSR count). The molecule has 0 amide bonds. The van der Waals surface area contributed by atoms with E-state index in [-0.39, 0.29) is 30.2 Å². The van der Waals surface area contributed by atoms with E-state index in [4.69, 9.17) is 14.0 Å². The Morgan fingerprint density at radius 1 is 1.22 bits per heavy atom. The van der Waals surface area contributed by atoms with Gasteiger partial charge in [-0.25, -0.2) is 4.79 Å². The Labute approximate surface area is 135 Å². The topological polar surface area (TPSA) is 91.5 Å². The van der Waals surface area contributed by atoms with E-state index in [0.29, 0.717) is 5.89 Å². The highest BCUT2D eigenvalue weighted by Crippen LogP contribution is 2.36. The maximum Gasteiger partial charge on any atom is 0.379 e. The molecule has 0 aliphatic heterocycles. The molecule has 7 heteroatoms. The van der Waals surface area contributed by atoms with Crippen molar-refractivity contribution >= 4 is 11.9 Å². The summed E-state index contributed by atoms with van der Waals surface area (Å²) >= 11 is 0. The van der Waals surface area contributed by atoms with Crippen LogP contribution in [0.15, 0.2) is 4.52 Å². The van der Waals surface area contributed by atoms with Gasteiger partial charge in [-0.3, -0.25) is 4.79 Å². The van der Waals surface area contributed by atoms with E-state index in [1.807, 2.05) is 20.8 Å². The number of carbonyl (C=O) groups is 2. The molecule has 0 aromatic carbocycles. The van der Waals surface area contributed by atoms with Crippen LogP contribution in [-0.4, -0.2) is 34.3 Å². The summed E-state index contributed by atoms with van der Waals surface area (Å²) in [5.74, 6) is -0.340. The summed E-state index contributed by atoms with van der Waals surface area (Å²) in [6, 6.07) is 0. The molecule has 1 aliphatic rings. The second-order valence-electron chi connectivity index (χ2n) is 6.76. The van der Waals surface area contributed by atoms with Crippen molar-refractivity contribution < 1.29 is 23.6 Å². The van der Waals surface area contributed by atoms with Crippen molar-refractivity contribution in [2.24, 2.45) is 5.92 Å². The third-order valence-electron chi connectivity index (χ3n) is 3.72. The predicted octanol–water partition coefficient (Wildman–Crippen LogP) is 2.86. The van der Waals surface area contributed by atoms with Gasteiger partial charge in [-0.15, -0.1) is 0 Å². The van der Waals surface area contributed by atoms with Gasteiger partial charge in [0.05, 0.1) is 12.5 Å². The fraction of sp³-hybridized carbons (Fsp3) is 0.750. The second kappa shape index (κ2) is 7.10. The third kappa shape index (κ3) is 4.77. The summed E-state index contributed by atoms with van der Waals surface area (Å²) in [4.78, 5) is 27.7. The lowest BCUT2D eigenvalue weighted by Gasteiger charge is -2.28. The maximum atomic E-state index is 12.1. The molecule has 128 valence electrons. The fourth-order valence-electron chi connectivity index (χ4n) is 2.64. The lowest BCUT2D eigenvalue weighted by molar-refractivity contribution is -0.161. The molecule has 1 aromatic heterocycles. The number of aromatic nitrogens is 2. The number of hydrogen-bond donors (Lipinski definition) is 0. The van der Waals surface area contributed by atoms with Crippen molar-refractivity contribution in [2.75, 3.05) is 6.61 Å². The molecular formula is C16H24N2O5. The molecule has 0 radical (unpaired) electrons. The number of rotatable bonds is 4. The van der Waals surface area contributed by atoms with Crippen LogP contribution in [0.4, 0.5) is 0 Å². The zero-order chi connectivity index (χ0) is 17.0. The summed E-state index contributed by atoms with van der Waals surface area (Å²) in [6.07, 6.45) is 2.95. The molecule has 0 N–H and O–H groups in total. The van der Waals surface area contributed by atoms with Crippen molar-refractivity contribution in [3.63, 3.8) is 0 Å². The molecule has 7 nitrogen and oxygen atoms in total. The van der Waals surface area contributed by atoms with Crippen LogP contribution in [0, 0.1) is 5.92 Å². The molecule has 1 saturated carbocycles. The van der Waals surface area contributed by atoms with Crippen LogP contribution in [0.1, 0.15) is 75.8 Å². The van der Waals surface area contributed by atoms with Gasteiger partial charge in [-0.2, -0.15) is 4.98 Å². The van der Waals surface area contributed by atoms with Crippen LogP contribution in [0.25, 0.3) is 0 Å². The Morgan fingerprint density at radius 2 is 1.87 bits per heavy atom. The molecule has 1 aromatic rings. The zero-order valence-electron chi connectivity index (χ0n) is 14.1. The molecule has 1 aliphatic carbocycles. The first-order valence-corrected chi connectivity index (χ1v) is 8.03. The van der Waals surface area contributed by atoms with Gasteiger partial charge < -0.3 is 14.0 Å². The molecular weight excluding hydrogens is 300 g/mol. The first-order chi connectivity index (χ1) is 10.8. The molecule has 0 atom stereocenters. The summed E-state index contributed by atoms with van der Waals surface area (Å²) in [7, 11) is 0. The summed E-state index contributed by atoms with van der Waals surface area (Å²) < 4.78 is 15.4. The quantitative estimate of drug-likeness (QED) is 0.786. The normalized spacial score (nSPS) is 21.7. The average Bonchev–Trinajstić information content (AvgIpc) is 2.96. The second-order valence-corrected chi connectivity index (χ2v) is 6.76. The minimum atomic E-state index is -0.579. The lowest BCUT2D eigenvalue weighted by Crippen LogP contribution is -2.30. The van der Waals surface area contributed by atoms with Crippen molar-refractivity contribution in [1.29, 1.82) is 0 Å². The van der Waals surface area contributed by atoms with Crippen LogP contribution in [0.5, 0.6) is 0 Å². The molecule has 0 bridgehead atoms. The van der Waals surface area contributed by atoms with E-state index < -0.39 is 11.6 Å². The SMILES string of the molecule is CCOC(=O)c1noc(C2CCC(C(=O)OC(C)(C)C)CC2)n1. The first kappa shape index (κ1) is 17.4. The monoisotopic (exact) mass is 324 g/mol. The smallest absolute Gasteiger partial charge is 0.379 e. The molecule has 0 saturated heterocycles. The molecule has 1 heterocycles. The number of nitrogens with zero attached hydrogens (tertiary/aromatic N) is 2. The van der Waals surface area contributed by atoms with Gasteiger partial charge in [0.25, 0.3) is 5.82 Å². The largest absolute Gasteiger partial charge is 0.460 e. The highest BCUT2D eigenvalue weighted by Gasteiger charge is 2.33. The lowest BCUT2D eigenvalue weighted by atomic mass is 9.82. The van der Waals surface area contributed by atoms with Crippen LogP contribution >= 0.6 is 0 Å². The summed E-state index contributed by atoms with van der Waals surface area (Å²) in [6.45, 7) is 7.59. The fourth-order valence-corrected chi connectivity index (χ4v) is 2.64. The first-order valence-electron chi connectivity index (χ1n) is 8.03. The van der Waals surface area contributed by atoms with E-state index in [0.717, 1.165) is 25.7 Å².